The van der Waals surface area contributed by atoms with Crippen molar-refractivity contribution >= 4 is 17.7 Å². The van der Waals surface area contributed by atoms with E-state index in [9.17, 15) is 14.4 Å². The molecule has 0 bridgehead atoms. The fourth-order valence-corrected chi connectivity index (χ4v) is 4.51. The van der Waals surface area contributed by atoms with E-state index in [0.717, 1.165) is 36.3 Å². The molecule has 0 radical (unpaired) electrons. The zero-order valence-corrected chi connectivity index (χ0v) is 17.2. The summed E-state index contributed by atoms with van der Waals surface area (Å²) in [6.07, 6.45) is 2.60. The topological polar surface area (TPSA) is 108 Å². The van der Waals surface area contributed by atoms with Crippen LogP contribution in [0.3, 0.4) is 0 Å². The van der Waals surface area contributed by atoms with E-state index in [2.05, 4.69) is 20.7 Å². The molecule has 3 aliphatic rings. The molecule has 0 spiro atoms. The summed E-state index contributed by atoms with van der Waals surface area (Å²) in [5.41, 5.74) is 1.81. The van der Waals surface area contributed by atoms with Gasteiger partial charge in [-0.1, -0.05) is 5.16 Å². The zero-order valence-electron chi connectivity index (χ0n) is 17.2. The summed E-state index contributed by atoms with van der Waals surface area (Å²) in [5, 5.41) is 9.94. The SMILES string of the molecule is CC(=O)N[C@H]1C[C@H]2CN(Cc3c(C)noc3C)[C@@H](CNC(=O)C3CC3)C(=O)N2C1. The first-order chi connectivity index (χ1) is 13.8. The Hall–Kier alpha value is -2.42. The van der Waals surface area contributed by atoms with E-state index in [1.165, 1.54) is 6.92 Å². The second-order valence-electron chi connectivity index (χ2n) is 8.54. The van der Waals surface area contributed by atoms with Gasteiger partial charge in [-0.2, -0.15) is 0 Å². The smallest absolute Gasteiger partial charge is 0.242 e. The van der Waals surface area contributed by atoms with Crippen LogP contribution in [0.15, 0.2) is 4.52 Å². The molecule has 3 amide bonds. The average molecular weight is 403 g/mol. The van der Waals surface area contributed by atoms with E-state index in [1.807, 2.05) is 18.7 Å². The third-order valence-electron chi connectivity index (χ3n) is 6.24. The van der Waals surface area contributed by atoms with Gasteiger partial charge in [0.25, 0.3) is 0 Å². The normalized spacial score (nSPS) is 27.1. The Bertz CT molecular complexity index is 798. The monoisotopic (exact) mass is 403 g/mol. The van der Waals surface area contributed by atoms with Gasteiger partial charge in [-0.25, -0.2) is 0 Å². The molecule has 2 saturated heterocycles. The van der Waals surface area contributed by atoms with E-state index in [4.69, 9.17) is 4.52 Å². The quantitative estimate of drug-likeness (QED) is 0.698. The maximum atomic E-state index is 13.3. The van der Waals surface area contributed by atoms with Crippen molar-refractivity contribution in [1.29, 1.82) is 0 Å². The Balaban J connectivity index is 1.51. The first-order valence-electron chi connectivity index (χ1n) is 10.3. The Morgan fingerprint density at radius 2 is 2.00 bits per heavy atom. The van der Waals surface area contributed by atoms with Crippen LogP contribution in [0.1, 0.15) is 43.2 Å². The molecule has 29 heavy (non-hydrogen) atoms. The highest BCUT2D eigenvalue weighted by Gasteiger charge is 2.46. The molecule has 9 heteroatoms. The first kappa shape index (κ1) is 19.9. The molecular weight excluding hydrogens is 374 g/mol. The number of nitrogens with zero attached hydrogens (tertiary/aromatic N) is 3. The van der Waals surface area contributed by atoms with Gasteiger partial charge in [-0.15, -0.1) is 0 Å². The average Bonchev–Trinajstić information content (AvgIpc) is 3.37. The minimum absolute atomic E-state index is 0.0111. The van der Waals surface area contributed by atoms with E-state index in [1.54, 1.807) is 0 Å². The molecule has 9 nitrogen and oxygen atoms in total. The number of rotatable bonds is 6. The van der Waals surface area contributed by atoms with Crippen molar-refractivity contribution in [3.8, 4) is 0 Å². The Kier molecular flexibility index (Phi) is 5.33. The van der Waals surface area contributed by atoms with Crippen LogP contribution in [0, 0.1) is 19.8 Å². The summed E-state index contributed by atoms with van der Waals surface area (Å²) >= 11 is 0. The molecule has 4 rings (SSSR count). The van der Waals surface area contributed by atoms with Gasteiger partial charge in [0.2, 0.25) is 17.7 Å². The van der Waals surface area contributed by atoms with Crippen molar-refractivity contribution in [2.24, 2.45) is 5.92 Å². The van der Waals surface area contributed by atoms with E-state index in [-0.39, 0.29) is 35.7 Å². The Labute approximate surface area is 170 Å². The number of aromatic nitrogens is 1. The predicted octanol–water partition coefficient (Wildman–Crippen LogP) is 0.107. The fraction of sp³-hybridized carbons (Fsp3) is 0.700. The molecule has 1 aromatic heterocycles. The lowest BCUT2D eigenvalue weighted by molar-refractivity contribution is -0.144. The number of carbonyl (C=O) groups excluding carboxylic acids is 3. The lowest BCUT2D eigenvalue weighted by Gasteiger charge is -2.42. The molecule has 2 N–H and O–H groups in total. The number of hydrogen-bond acceptors (Lipinski definition) is 6. The predicted molar refractivity (Wildman–Crippen MR) is 104 cm³/mol. The minimum atomic E-state index is -0.432. The molecule has 0 unspecified atom stereocenters. The maximum Gasteiger partial charge on any atom is 0.242 e. The Morgan fingerprint density at radius 1 is 1.24 bits per heavy atom. The van der Waals surface area contributed by atoms with Crippen molar-refractivity contribution in [1.82, 2.24) is 25.6 Å². The molecule has 1 aliphatic carbocycles. The summed E-state index contributed by atoms with van der Waals surface area (Å²) < 4.78 is 5.30. The van der Waals surface area contributed by atoms with E-state index in [0.29, 0.717) is 26.2 Å². The summed E-state index contributed by atoms with van der Waals surface area (Å²) in [6.45, 7) is 7.33. The highest BCUT2D eigenvalue weighted by atomic mass is 16.5. The van der Waals surface area contributed by atoms with Crippen molar-refractivity contribution in [3.05, 3.63) is 17.0 Å². The van der Waals surface area contributed by atoms with E-state index >= 15 is 0 Å². The molecular formula is C20H29N5O4. The fourth-order valence-electron chi connectivity index (χ4n) is 4.51. The highest BCUT2D eigenvalue weighted by molar-refractivity contribution is 5.86. The molecule has 2 aliphatic heterocycles. The van der Waals surface area contributed by atoms with E-state index < -0.39 is 6.04 Å². The summed E-state index contributed by atoms with van der Waals surface area (Å²) in [6, 6.07) is -0.406. The van der Waals surface area contributed by atoms with Crippen LogP contribution >= 0.6 is 0 Å². The van der Waals surface area contributed by atoms with Crippen LogP contribution in [0.4, 0.5) is 0 Å². The summed E-state index contributed by atoms with van der Waals surface area (Å²) in [5.74, 6) is 0.823. The van der Waals surface area contributed by atoms with Gasteiger partial charge >= 0.3 is 0 Å². The molecule has 0 aromatic carbocycles. The van der Waals surface area contributed by atoms with Crippen molar-refractivity contribution < 1.29 is 18.9 Å². The van der Waals surface area contributed by atoms with Crippen LogP contribution < -0.4 is 10.6 Å². The molecule has 3 heterocycles. The second-order valence-corrected chi connectivity index (χ2v) is 8.54. The lowest BCUT2D eigenvalue weighted by atomic mass is 10.0. The Morgan fingerprint density at radius 3 is 2.62 bits per heavy atom. The van der Waals surface area contributed by atoms with Crippen LogP contribution in [0.25, 0.3) is 0 Å². The number of nitrogens with one attached hydrogen (secondary N) is 2. The molecule has 1 aromatic rings. The number of amides is 3. The van der Waals surface area contributed by atoms with Crippen LogP contribution in [-0.2, 0) is 20.9 Å². The second kappa shape index (κ2) is 7.78. The molecule has 158 valence electrons. The number of carbonyl (C=O) groups is 3. The van der Waals surface area contributed by atoms with Crippen molar-refractivity contribution in [2.75, 3.05) is 19.6 Å². The van der Waals surface area contributed by atoms with Crippen LogP contribution in [-0.4, -0.2) is 70.4 Å². The first-order valence-corrected chi connectivity index (χ1v) is 10.3. The third-order valence-corrected chi connectivity index (χ3v) is 6.24. The molecule has 1 saturated carbocycles. The summed E-state index contributed by atoms with van der Waals surface area (Å²) in [7, 11) is 0. The van der Waals surface area contributed by atoms with Gasteiger partial charge in [0.05, 0.1) is 5.69 Å². The molecule has 3 atom stereocenters. The largest absolute Gasteiger partial charge is 0.361 e. The minimum Gasteiger partial charge on any atom is -0.361 e. The third kappa shape index (κ3) is 4.14. The zero-order chi connectivity index (χ0) is 20.7. The van der Waals surface area contributed by atoms with Gasteiger partial charge in [0, 0.05) is 56.7 Å². The lowest BCUT2D eigenvalue weighted by Crippen LogP contribution is -2.62. The number of hydrogen-bond donors (Lipinski definition) is 2. The number of aryl methyl sites for hydroxylation is 2. The van der Waals surface area contributed by atoms with Crippen LogP contribution in [0.2, 0.25) is 0 Å². The maximum absolute atomic E-state index is 13.3. The van der Waals surface area contributed by atoms with Crippen LogP contribution in [0.5, 0.6) is 0 Å². The van der Waals surface area contributed by atoms with Gasteiger partial charge in [0.1, 0.15) is 11.8 Å². The number of fused-ring (bicyclic) bond motifs is 1. The standard InChI is InChI=1S/C20H29N5O4/c1-11-17(12(2)29-23-11)10-24-9-16-6-15(22-13(3)26)8-25(16)20(28)18(24)7-21-19(27)14-4-5-14/h14-16,18H,4-10H2,1-3H3,(H,21,27)(H,22,26)/t15-,16-,18-/m0/s1. The summed E-state index contributed by atoms with van der Waals surface area (Å²) in [4.78, 5) is 40.9. The molecule has 3 fully saturated rings. The van der Waals surface area contributed by atoms with Gasteiger partial charge in [0.15, 0.2) is 0 Å². The highest BCUT2D eigenvalue weighted by Crippen LogP contribution is 2.30. The van der Waals surface area contributed by atoms with Crippen molar-refractivity contribution in [3.63, 3.8) is 0 Å². The number of piperazine rings is 1. The van der Waals surface area contributed by atoms with Gasteiger partial charge < -0.3 is 20.1 Å². The van der Waals surface area contributed by atoms with Gasteiger partial charge in [-0.05, 0) is 33.1 Å². The van der Waals surface area contributed by atoms with Gasteiger partial charge in [-0.3, -0.25) is 19.3 Å². The van der Waals surface area contributed by atoms with Crippen molar-refractivity contribution in [2.45, 2.75) is 64.7 Å².